The Morgan fingerprint density at radius 2 is 1.82 bits per heavy atom. The van der Waals surface area contributed by atoms with Crippen LogP contribution < -0.4 is 5.32 Å². The van der Waals surface area contributed by atoms with Crippen LogP contribution in [-0.4, -0.2) is 40.6 Å². The Hall–Kier alpha value is -3.67. The molecule has 6 heteroatoms. The molecule has 0 spiro atoms. The maximum absolute atomic E-state index is 12.4. The topological polar surface area (TPSA) is 67.2 Å². The molecule has 1 aromatic heterocycles. The van der Waals surface area contributed by atoms with Gasteiger partial charge in [-0.1, -0.05) is 30.3 Å². The first-order chi connectivity index (χ1) is 13.6. The molecule has 0 fully saturated rings. The van der Waals surface area contributed by atoms with Crippen molar-refractivity contribution >= 4 is 17.9 Å². The third kappa shape index (κ3) is 4.73. The van der Waals surface area contributed by atoms with Crippen molar-refractivity contribution in [3.05, 3.63) is 89.8 Å². The maximum Gasteiger partial charge on any atom is 0.251 e. The van der Waals surface area contributed by atoms with Gasteiger partial charge in [0.1, 0.15) is 0 Å². The Bertz CT molecular complexity index is 975. The fraction of sp³-hybridized carbons (Fsp3) is 0.136. The molecule has 6 nitrogen and oxygen atoms in total. The molecule has 0 atom stereocenters. The summed E-state index contributed by atoms with van der Waals surface area (Å²) in [5.74, 6) is -0.245. The Morgan fingerprint density at radius 1 is 1.11 bits per heavy atom. The monoisotopic (exact) mass is 374 g/mol. The SMILES string of the molecule is CNC(=O)c1ccc(/C=C/C(=O)N(C)Cc2cnn(-c3ccccc3)c2)cc1. The third-order valence-electron chi connectivity index (χ3n) is 4.27. The van der Waals surface area contributed by atoms with Gasteiger partial charge in [-0.05, 0) is 35.9 Å². The van der Waals surface area contributed by atoms with Crippen molar-refractivity contribution in [3.63, 3.8) is 0 Å². The van der Waals surface area contributed by atoms with Crippen molar-refractivity contribution in [3.8, 4) is 5.69 Å². The van der Waals surface area contributed by atoms with Crippen LogP contribution in [0.5, 0.6) is 0 Å². The van der Waals surface area contributed by atoms with Gasteiger partial charge < -0.3 is 10.2 Å². The number of nitrogens with zero attached hydrogens (tertiary/aromatic N) is 3. The van der Waals surface area contributed by atoms with Gasteiger partial charge in [0.15, 0.2) is 0 Å². The summed E-state index contributed by atoms with van der Waals surface area (Å²) >= 11 is 0. The van der Waals surface area contributed by atoms with E-state index in [1.165, 1.54) is 6.08 Å². The highest BCUT2D eigenvalue weighted by molar-refractivity contribution is 5.94. The molecule has 2 aromatic carbocycles. The number of hydrogen-bond donors (Lipinski definition) is 1. The van der Waals surface area contributed by atoms with Crippen LogP contribution in [0.4, 0.5) is 0 Å². The van der Waals surface area contributed by atoms with Gasteiger partial charge in [0.05, 0.1) is 11.9 Å². The first kappa shape index (κ1) is 19.1. The number of rotatable bonds is 6. The van der Waals surface area contributed by atoms with Crippen molar-refractivity contribution in [2.75, 3.05) is 14.1 Å². The summed E-state index contributed by atoms with van der Waals surface area (Å²) in [6, 6.07) is 16.9. The summed E-state index contributed by atoms with van der Waals surface area (Å²) in [7, 11) is 3.34. The highest BCUT2D eigenvalue weighted by atomic mass is 16.2. The average molecular weight is 374 g/mol. The molecule has 1 heterocycles. The number of para-hydroxylation sites is 1. The van der Waals surface area contributed by atoms with Crippen LogP contribution in [0.2, 0.25) is 0 Å². The summed E-state index contributed by atoms with van der Waals surface area (Å²) in [6.07, 6.45) is 6.94. The third-order valence-corrected chi connectivity index (χ3v) is 4.27. The van der Waals surface area contributed by atoms with Crippen molar-refractivity contribution in [1.29, 1.82) is 0 Å². The predicted molar refractivity (Wildman–Crippen MR) is 109 cm³/mol. The van der Waals surface area contributed by atoms with Crippen LogP contribution in [0.15, 0.2) is 73.1 Å². The number of likely N-dealkylation sites (N-methyl/N-ethyl adjacent to an activating group) is 1. The van der Waals surface area contributed by atoms with Gasteiger partial charge in [-0.25, -0.2) is 4.68 Å². The summed E-state index contributed by atoms with van der Waals surface area (Å²) in [5.41, 5.74) is 3.36. The van der Waals surface area contributed by atoms with E-state index in [2.05, 4.69) is 10.4 Å². The molecule has 0 aliphatic heterocycles. The zero-order chi connectivity index (χ0) is 19.9. The lowest BCUT2D eigenvalue weighted by Crippen LogP contribution is -2.23. The Balaban J connectivity index is 1.59. The van der Waals surface area contributed by atoms with Crippen LogP contribution in [0.1, 0.15) is 21.5 Å². The standard InChI is InChI=1S/C22H22N4O2/c1-23-22(28)19-11-8-17(9-12-19)10-13-21(27)25(2)15-18-14-24-26(16-18)20-6-4-3-5-7-20/h3-14,16H,15H2,1-2H3,(H,23,28)/b13-10+. The van der Waals surface area contributed by atoms with Crippen molar-refractivity contribution in [2.24, 2.45) is 0 Å². The van der Waals surface area contributed by atoms with E-state index in [4.69, 9.17) is 0 Å². The maximum atomic E-state index is 12.4. The second kappa shape index (κ2) is 8.81. The molecule has 28 heavy (non-hydrogen) atoms. The van der Waals surface area contributed by atoms with Gasteiger partial charge in [0.2, 0.25) is 5.91 Å². The molecule has 2 amide bonds. The number of amides is 2. The zero-order valence-electron chi connectivity index (χ0n) is 15.9. The molecule has 0 saturated heterocycles. The first-order valence-electron chi connectivity index (χ1n) is 8.91. The molecular weight excluding hydrogens is 352 g/mol. The minimum absolute atomic E-state index is 0.108. The molecular formula is C22H22N4O2. The summed E-state index contributed by atoms with van der Waals surface area (Å²) in [4.78, 5) is 25.5. The lowest BCUT2D eigenvalue weighted by molar-refractivity contribution is -0.125. The van der Waals surface area contributed by atoms with E-state index in [0.717, 1.165) is 16.8 Å². The smallest absolute Gasteiger partial charge is 0.251 e. The van der Waals surface area contributed by atoms with E-state index in [9.17, 15) is 9.59 Å². The van der Waals surface area contributed by atoms with E-state index in [-0.39, 0.29) is 11.8 Å². The van der Waals surface area contributed by atoms with E-state index < -0.39 is 0 Å². The van der Waals surface area contributed by atoms with E-state index in [1.54, 1.807) is 60.2 Å². The van der Waals surface area contributed by atoms with E-state index in [1.807, 2.05) is 36.5 Å². The first-order valence-corrected chi connectivity index (χ1v) is 8.91. The number of hydrogen-bond acceptors (Lipinski definition) is 3. The lowest BCUT2D eigenvalue weighted by Gasteiger charge is -2.13. The largest absolute Gasteiger partial charge is 0.355 e. The van der Waals surface area contributed by atoms with Gasteiger partial charge >= 0.3 is 0 Å². The van der Waals surface area contributed by atoms with Crippen molar-refractivity contribution < 1.29 is 9.59 Å². The lowest BCUT2D eigenvalue weighted by atomic mass is 10.1. The Morgan fingerprint density at radius 3 is 2.50 bits per heavy atom. The predicted octanol–water partition coefficient (Wildman–Crippen LogP) is 2.90. The molecule has 1 N–H and O–H groups in total. The second-order valence-electron chi connectivity index (χ2n) is 6.36. The van der Waals surface area contributed by atoms with E-state index in [0.29, 0.717) is 12.1 Å². The molecule has 142 valence electrons. The Labute approximate surface area is 164 Å². The van der Waals surface area contributed by atoms with Gasteiger partial charge in [0, 0.05) is 44.0 Å². The number of carbonyl (C=O) groups excluding carboxylic acids is 2. The normalized spacial score (nSPS) is 10.8. The summed E-state index contributed by atoms with van der Waals surface area (Å²) < 4.78 is 1.79. The number of carbonyl (C=O) groups is 2. The highest BCUT2D eigenvalue weighted by Crippen LogP contribution is 2.10. The van der Waals surface area contributed by atoms with E-state index >= 15 is 0 Å². The molecule has 0 saturated carbocycles. The van der Waals surface area contributed by atoms with Gasteiger partial charge in [-0.3, -0.25) is 9.59 Å². The fourth-order valence-electron chi connectivity index (χ4n) is 2.70. The van der Waals surface area contributed by atoms with Crippen LogP contribution in [0, 0.1) is 0 Å². The van der Waals surface area contributed by atoms with Crippen molar-refractivity contribution in [2.45, 2.75) is 6.54 Å². The van der Waals surface area contributed by atoms with Crippen LogP contribution >= 0.6 is 0 Å². The molecule has 0 bridgehead atoms. The van der Waals surface area contributed by atoms with Crippen LogP contribution in [-0.2, 0) is 11.3 Å². The highest BCUT2D eigenvalue weighted by Gasteiger charge is 2.08. The molecule has 0 unspecified atom stereocenters. The fourth-order valence-corrected chi connectivity index (χ4v) is 2.70. The second-order valence-corrected chi connectivity index (χ2v) is 6.36. The molecule has 3 aromatic rings. The number of benzene rings is 2. The number of aromatic nitrogens is 2. The zero-order valence-corrected chi connectivity index (χ0v) is 15.9. The minimum atomic E-state index is -0.137. The quantitative estimate of drug-likeness (QED) is 0.675. The summed E-state index contributed by atoms with van der Waals surface area (Å²) in [6.45, 7) is 0.464. The number of nitrogens with one attached hydrogen (secondary N) is 1. The average Bonchev–Trinajstić information content (AvgIpc) is 3.21. The minimum Gasteiger partial charge on any atom is -0.355 e. The van der Waals surface area contributed by atoms with Crippen LogP contribution in [0.3, 0.4) is 0 Å². The molecule has 0 aliphatic rings. The van der Waals surface area contributed by atoms with Crippen molar-refractivity contribution in [1.82, 2.24) is 20.0 Å². The molecule has 3 rings (SSSR count). The molecule has 0 radical (unpaired) electrons. The van der Waals surface area contributed by atoms with Gasteiger partial charge in [-0.15, -0.1) is 0 Å². The van der Waals surface area contributed by atoms with Crippen LogP contribution in [0.25, 0.3) is 11.8 Å². The Kier molecular flexibility index (Phi) is 6.01. The van der Waals surface area contributed by atoms with Gasteiger partial charge in [-0.2, -0.15) is 5.10 Å². The van der Waals surface area contributed by atoms with Gasteiger partial charge in [0.25, 0.3) is 5.91 Å². The molecule has 0 aliphatic carbocycles. The summed E-state index contributed by atoms with van der Waals surface area (Å²) in [5, 5.41) is 6.93.